The number of rotatable bonds is 3. The van der Waals surface area contributed by atoms with E-state index in [1.807, 2.05) is 59.3 Å². The number of ether oxygens (including phenoxy) is 1. The summed E-state index contributed by atoms with van der Waals surface area (Å²) in [6, 6.07) is 13.7. The summed E-state index contributed by atoms with van der Waals surface area (Å²) in [4.78, 5) is 4.32. The molecule has 0 amide bonds. The van der Waals surface area contributed by atoms with Gasteiger partial charge in [-0.15, -0.1) is 0 Å². The molecular weight excluding hydrogens is 292 g/mol. The SMILES string of the molecule is Brc1ccccc1OCc1cnc2ccccn12. The number of halogens is 1. The van der Waals surface area contributed by atoms with Crippen LogP contribution >= 0.6 is 15.9 Å². The average Bonchev–Trinajstić information content (AvgIpc) is 2.81. The first-order valence-electron chi connectivity index (χ1n) is 5.63. The van der Waals surface area contributed by atoms with E-state index in [9.17, 15) is 0 Å². The molecule has 0 fully saturated rings. The first kappa shape index (κ1) is 11.3. The van der Waals surface area contributed by atoms with Gasteiger partial charge in [0.1, 0.15) is 18.0 Å². The Kier molecular flexibility index (Phi) is 3.02. The van der Waals surface area contributed by atoms with E-state index in [1.54, 1.807) is 0 Å². The van der Waals surface area contributed by atoms with Crippen LogP contribution in [-0.4, -0.2) is 9.38 Å². The van der Waals surface area contributed by atoms with Crippen molar-refractivity contribution in [3.05, 3.63) is 65.0 Å². The predicted octanol–water partition coefficient (Wildman–Crippen LogP) is 3.68. The van der Waals surface area contributed by atoms with Crippen LogP contribution in [0.25, 0.3) is 5.65 Å². The van der Waals surface area contributed by atoms with E-state index < -0.39 is 0 Å². The number of aromatic nitrogens is 2. The van der Waals surface area contributed by atoms with E-state index in [2.05, 4.69) is 20.9 Å². The molecule has 0 saturated carbocycles. The van der Waals surface area contributed by atoms with Gasteiger partial charge >= 0.3 is 0 Å². The highest BCUT2D eigenvalue weighted by molar-refractivity contribution is 9.10. The summed E-state index contributed by atoms with van der Waals surface area (Å²) in [6.45, 7) is 0.494. The highest BCUT2D eigenvalue weighted by Gasteiger charge is 2.04. The third kappa shape index (κ3) is 2.11. The maximum Gasteiger partial charge on any atom is 0.136 e. The zero-order chi connectivity index (χ0) is 12.4. The second-order valence-corrected chi connectivity index (χ2v) is 4.75. The Balaban J connectivity index is 1.83. The third-order valence-electron chi connectivity index (χ3n) is 2.71. The first-order valence-corrected chi connectivity index (χ1v) is 6.42. The molecule has 3 nitrogen and oxygen atoms in total. The molecule has 2 heterocycles. The predicted molar refractivity (Wildman–Crippen MR) is 73.7 cm³/mol. The second-order valence-electron chi connectivity index (χ2n) is 3.90. The summed E-state index contributed by atoms with van der Waals surface area (Å²) in [5.41, 5.74) is 1.96. The smallest absolute Gasteiger partial charge is 0.136 e. The van der Waals surface area contributed by atoms with Crippen LogP contribution in [0, 0.1) is 0 Å². The molecule has 0 aliphatic heterocycles. The minimum atomic E-state index is 0.494. The van der Waals surface area contributed by atoms with E-state index in [0.29, 0.717) is 6.61 Å². The lowest BCUT2D eigenvalue weighted by atomic mass is 10.3. The molecule has 0 N–H and O–H groups in total. The third-order valence-corrected chi connectivity index (χ3v) is 3.36. The minimum Gasteiger partial charge on any atom is -0.486 e. The Labute approximate surface area is 113 Å². The molecular formula is C14H11BrN2O. The van der Waals surface area contributed by atoms with Gasteiger partial charge < -0.3 is 9.14 Å². The van der Waals surface area contributed by atoms with Gasteiger partial charge in [-0.1, -0.05) is 18.2 Å². The van der Waals surface area contributed by atoms with Crippen LogP contribution in [0.5, 0.6) is 5.75 Å². The van der Waals surface area contributed by atoms with E-state index in [4.69, 9.17) is 4.74 Å². The highest BCUT2D eigenvalue weighted by atomic mass is 79.9. The number of hydrogen-bond acceptors (Lipinski definition) is 2. The number of para-hydroxylation sites is 1. The summed E-state index contributed by atoms with van der Waals surface area (Å²) in [6.07, 6.45) is 3.83. The van der Waals surface area contributed by atoms with Gasteiger partial charge in [-0.2, -0.15) is 0 Å². The van der Waals surface area contributed by atoms with E-state index in [0.717, 1.165) is 21.6 Å². The fraction of sp³-hybridized carbons (Fsp3) is 0.0714. The first-order chi connectivity index (χ1) is 8.84. The molecule has 0 aliphatic carbocycles. The Morgan fingerprint density at radius 1 is 1.11 bits per heavy atom. The van der Waals surface area contributed by atoms with Crippen molar-refractivity contribution >= 4 is 21.6 Å². The molecule has 0 radical (unpaired) electrons. The monoisotopic (exact) mass is 302 g/mol. The quantitative estimate of drug-likeness (QED) is 0.738. The van der Waals surface area contributed by atoms with Crippen molar-refractivity contribution < 1.29 is 4.74 Å². The molecule has 3 rings (SSSR count). The van der Waals surface area contributed by atoms with Crippen molar-refractivity contribution in [1.29, 1.82) is 0 Å². The number of hydrogen-bond donors (Lipinski definition) is 0. The van der Waals surface area contributed by atoms with Crippen molar-refractivity contribution in [1.82, 2.24) is 9.38 Å². The highest BCUT2D eigenvalue weighted by Crippen LogP contribution is 2.24. The number of pyridine rings is 1. The van der Waals surface area contributed by atoms with Crippen LogP contribution in [-0.2, 0) is 6.61 Å². The molecule has 0 saturated heterocycles. The molecule has 0 unspecified atom stereocenters. The van der Waals surface area contributed by atoms with Crippen molar-refractivity contribution in [2.24, 2.45) is 0 Å². The van der Waals surface area contributed by atoms with Crippen molar-refractivity contribution in [2.45, 2.75) is 6.61 Å². The summed E-state index contributed by atoms with van der Waals surface area (Å²) in [5.74, 6) is 0.836. The zero-order valence-corrected chi connectivity index (χ0v) is 11.2. The van der Waals surface area contributed by atoms with E-state index >= 15 is 0 Å². The average molecular weight is 303 g/mol. The number of benzene rings is 1. The van der Waals surface area contributed by atoms with Gasteiger partial charge in [-0.05, 0) is 40.2 Å². The van der Waals surface area contributed by atoms with Crippen LogP contribution in [0.3, 0.4) is 0 Å². The van der Waals surface area contributed by atoms with Crippen LogP contribution < -0.4 is 4.74 Å². The zero-order valence-electron chi connectivity index (χ0n) is 9.58. The standard InChI is InChI=1S/C14H11BrN2O/c15-12-5-1-2-6-13(12)18-10-11-9-16-14-7-3-4-8-17(11)14/h1-9H,10H2. The Hall–Kier alpha value is -1.81. The summed E-state index contributed by atoms with van der Waals surface area (Å²) in [5, 5.41) is 0. The fourth-order valence-electron chi connectivity index (χ4n) is 1.81. The molecule has 0 aliphatic rings. The largest absolute Gasteiger partial charge is 0.486 e. The van der Waals surface area contributed by atoms with Crippen molar-refractivity contribution in [2.75, 3.05) is 0 Å². The summed E-state index contributed by atoms with van der Waals surface area (Å²) >= 11 is 3.46. The Morgan fingerprint density at radius 2 is 1.94 bits per heavy atom. The molecule has 0 spiro atoms. The van der Waals surface area contributed by atoms with Gasteiger partial charge in [0.05, 0.1) is 16.4 Å². The van der Waals surface area contributed by atoms with Gasteiger partial charge in [0, 0.05) is 6.20 Å². The lowest BCUT2D eigenvalue weighted by Crippen LogP contribution is -1.99. The van der Waals surface area contributed by atoms with Crippen LogP contribution in [0.15, 0.2) is 59.3 Å². The molecule has 1 aromatic carbocycles. The number of nitrogens with zero attached hydrogens (tertiary/aromatic N) is 2. The van der Waals surface area contributed by atoms with Gasteiger partial charge in [-0.25, -0.2) is 4.98 Å². The normalized spacial score (nSPS) is 10.7. The molecule has 4 heteroatoms. The molecule has 2 aromatic heterocycles. The lowest BCUT2D eigenvalue weighted by Gasteiger charge is -2.07. The summed E-state index contributed by atoms with van der Waals surface area (Å²) < 4.78 is 8.76. The molecule has 18 heavy (non-hydrogen) atoms. The van der Waals surface area contributed by atoms with Crippen molar-refractivity contribution in [3.8, 4) is 5.75 Å². The van der Waals surface area contributed by atoms with Gasteiger partial charge in [0.15, 0.2) is 0 Å². The Bertz CT molecular complexity index is 678. The van der Waals surface area contributed by atoms with Gasteiger partial charge in [0.25, 0.3) is 0 Å². The van der Waals surface area contributed by atoms with E-state index in [1.165, 1.54) is 0 Å². The molecule has 90 valence electrons. The summed E-state index contributed by atoms with van der Waals surface area (Å²) in [7, 11) is 0. The van der Waals surface area contributed by atoms with Crippen LogP contribution in [0.2, 0.25) is 0 Å². The maximum absolute atomic E-state index is 5.78. The van der Waals surface area contributed by atoms with Crippen molar-refractivity contribution in [3.63, 3.8) is 0 Å². The minimum absolute atomic E-state index is 0.494. The van der Waals surface area contributed by atoms with Crippen LogP contribution in [0.4, 0.5) is 0 Å². The maximum atomic E-state index is 5.78. The molecule has 0 bridgehead atoms. The number of imidazole rings is 1. The topological polar surface area (TPSA) is 26.5 Å². The van der Waals surface area contributed by atoms with Crippen LogP contribution in [0.1, 0.15) is 5.69 Å². The second kappa shape index (κ2) is 4.82. The van der Waals surface area contributed by atoms with Gasteiger partial charge in [-0.3, -0.25) is 0 Å². The molecule has 3 aromatic rings. The van der Waals surface area contributed by atoms with E-state index in [-0.39, 0.29) is 0 Å². The van der Waals surface area contributed by atoms with Gasteiger partial charge in [0.2, 0.25) is 0 Å². The fourth-order valence-corrected chi connectivity index (χ4v) is 2.20. The Morgan fingerprint density at radius 3 is 2.83 bits per heavy atom. The number of fused-ring (bicyclic) bond motifs is 1. The molecule has 0 atom stereocenters. The lowest BCUT2D eigenvalue weighted by molar-refractivity contribution is 0.298.